The predicted octanol–water partition coefficient (Wildman–Crippen LogP) is 1.53. The Hall–Kier alpha value is -0.290. The molecule has 0 radical (unpaired) electrons. The van der Waals surface area contributed by atoms with Crippen LogP contribution in [0.3, 0.4) is 0 Å². The van der Waals surface area contributed by atoms with Crippen molar-refractivity contribution in [2.24, 2.45) is 5.92 Å². The van der Waals surface area contributed by atoms with E-state index in [1.165, 1.54) is 19.3 Å². The largest absolute Gasteiger partial charge is 0.401 e. The maximum atomic E-state index is 11.7. The summed E-state index contributed by atoms with van der Waals surface area (Å²) in [5.74, 6) is 0.880. The van der Waals surface area contributed by atoms with Gasteiger partial charge in [-0.3, -0.25) is 0 Å². The van der Waals surface area contributed by atoms with Crippen LogP contribution in [0.2, 0.25) is 0 Å². The highest BCUT2D eigenvalue weighted by Crippen LogP contribution is 2.31. The van der Waals surface area contributed by atoms with Gasteiger partial charge in [0.2, 0.25) is 0 Å². The number of hydrogen-bond donors (Lipinski definition) is 2. The minimum absolute atomic E-state index is 0.379. The van der Waals surface area contributed by atoms with Gasteiger partial charge in [-0.05, 0) is 18.9 Å². The van der Waals surface area contributed by atoms with Crippen LogP contribution in [0.4, 0.5) is 13.2 Å². The first-order valence-electron chi connectivity index (χ1n) is 5.06. The summed E-state index contributed by atoms with van der Waals surface area (Å²) < 4.78 is 35.0. The molecule has 14 heavy (non-hydrogen) atoms. The average Bonchev–Trinajstić information content (AvgIpc) is 2.84. The lowest BCUT2D eigenvalue weighted by molar-refractivity contribution is -0.124. The highest BCUT2D eigenvalue weighted by atomic mass is 19.4. The van der Waals surface area contributed by atoms with E-state index < -0.39 is 12.7 Å². The molecule has 1 fully saturated rings. The normalized spacial score (nSPS) is 17.4. The van der Waals surface area contributed by atoms with Crippen molar-refractivity contribution in [2.75, 3.05) is 26.2 Å². The molecule has 0 amide bonds. The summed E-state index contributed by atoms with van der Waals surface area (Å²) >= 11 is 0. The molecule has 0 spiro atoms. The lowest BCUT2D eigenvalue weighted by atomic mass is 10.3. The van der Waals surface area contributed by atoms with E-state index in [2.05, 4.69) is 10.6 Å². The van der Waals surface area contributed by atoms with Crippen LogP contribution in [0, 0.1) is 5.92 Å². The zero-order chi connectivity index (χ0) is 10.4. The molecule has 1 aliphatic rings. The molecule has 0 atom stereocenters. The molecule has 0 bridgehead atoms. The van der Waals surface area contributed by atoms with E-state index in [0.29, 0.717) is 13.1 Å². The summed E-state index contributed by atoms with van der Waals surface area (Å²) in [5, 5.41) is 5.45. The quantitative estimate of drug-likeness (QED) is 0.623. The van der Waals surface area contributed by atoms with Gasteiger partial charge in [0.1, 0.15) is 0 Å². The molecule has 0 unspecified atom stereocenters. The SMILES string of the molecule is FC(F)(F)CNCCNCCC1CC1. The fourth-order valence-corrected chi connectivity index (χ4v) is 1.24. The van der Waals surface area contributed by atoms with Gasteiger partial charge in [-0.15, -0.1) is 0 Å². The second-order valence-corrected chi connectivity index (χ2v) is 3.77. The van der Waals surface area contributed by atoms with E-state index in [0.717, 1.165) is 12.5 Å². The van der Waals surface area contributed by atoms with Crippen molar-refractivity contribution in [3.63, 3.8) is 0 Å². The molecule has 2 nitrogen and oxygen atoms in total. The van der Waals surface area contributed by atoms with Crippen molar-refractivity contribution >= 4 is 0 Å². The second-order valence-electron chi connectivity index (χ2n) is 3.77. The van der Waals surface area contributed by atoms with E-state index in [4.69, 9.17) is 0 Å². The third kappa shape index (κ3) is 7.15. The van der Waals surface area contributed by atoms with Crippen LogP contribution < -0.4 is 10.6 Å². The third-order valence-corrected chi connectivity index (χ3v) is 2.23. The summed E-state index contributed by atoms with van der Waals surface area (Å²) in [5.41, 5.74) is 0. The summed E-state index contributed by atoms with van der Waals surface area (Å²) in [4.78, 5) is 0. The second kappa shape index (κ2) is 5.56. The lowest BCUT2D eigenvalue weighted by Crippen LogP contribution is -2.34. The number of halogens is 3. The Balaban J connectivity index is 1.75. The molecular weight excluding hydrogens is 193 g/mol. The molecule has 0 saturated heterocycles. The highest BCUT2D eigenvalue weighted by molar-refractivity contribution is 4.73. The van der Waals surface area contributed by atoms with Gasteiger partial charge in [-0.25, -0.2) is 0 Å². The van der Waals surface area contributed by atoms with Crippen molar-refractivity contribution in [3.8, 4) is 0 Å². The zero-order valence-corrected chi connectivity index (χ0v) is 8.16. The van der Waals surface area contributed by atoms with Crippen molar-refractivity contribution in [3.05, 3.63) is 0 Å². The first-order valence-corrected chi connectivity index (χ1v) is 5.06. The zero-order valence-electron chi connectivity index (χ0n) is 8.16. The fraction of sp³-hybridized carbons (Fsp3) is 1.00. The molecular formula is C9H17F3N2. The standard InChI is InChI=1S/C9H17F3N2/c10-9(11,12)7-14-6-5-13-4-3-8-1-2-8/h8,13-14H,1-7H2. The highest BCUT2D eigenvalue weighted by Gasteiger charge is 2.25. The lowest BCUT2D eigenvalue weighted by Gasteiger charge is -2.08. The van der Waals surface area contributed by atoms with E-state index >= 15 is 0 Å². The summed E-state index contributed by atoms with van der Waals surface area (Å²) in [6.45, 7) is 1.03. The molecule has 0 aliphatic heterocycles. The van der Waals surface area contributed by atoms with E-state index in [1.54, 1.807) is 0 Å². The number of nitrogens with one attached hydrogen (secondary N) is 2. The van der Waals surface area contributed by atoms with Gasteiger partial charge in [-0.2, -0.15) is 13.2 Å². The van der Waals surface area contributed by atoms with Crippen molar-refractivity contribution < 1.29 is 13.2 Å². The molecule has 0 aromatic rings. The minimum atomic E-state index is -4.09. The van der Waals surface area contributed by atoms with Crippen LogP contribution in [-0.4, -0.2) is 32.4 Å². The van der Waals surface area contributed by atoms with Gasteiger partial charge in [0.25, 0.3) is 0 Å². The van der Waals surface area contributed by atoms with Gasteiger partial charge >= 0.3 is 6.18 Å². The Morgan fingerprint density at radius 1 is 1.00 bits per heavy atom. The molecule has 1 aliphatic carbocycles. The Labute approximate surface area is 82.2 Å². The maximum Gasteiger partial charge on any atom is 0.401 e. The fourth-order valence-electron chi connectivity index (χ4n) is 1.24. The Bertz CT molecular complexity index is 155. The number of hydrogen-bond acceptors (Lipinski definition) is 2. The van der Waals surface area contributed by atoms with E-state index in [-0.39, 0.29) is 0 Å². The van der Waals surface area contributed by atoms with E-state index in [1.807, 2.05) is 0 Å². The van der Waals surface area contributed by atoms with Crippen LogP contribution in [-0.2, 0) is 0 Å². The third-order valence-electron chi connectivity index (χ3n) is 2.23. The summed E-state index contributed by atoms with van der Waals surface area (Å²) in [6, 6.07) is 0. The molecule has 1 rings (SSSR count). The van der Waals surface area contributed by atoms with Gasteiger partial charge in [-0.1, -0.05) is 12.8 Å². The topological polar surface area (TPSA) is 24.1 Å². The monoisotopic (exact) mass is 210 g/mol. The van der Waals surface area contributed by atoms with Crippen molar-refractivity contribution in [1.82, 2.24) is 10.6 Å². The first kappa shape index (κ1) is 11.8. The Morgan fingerprint density at radius 2 is 1.64 bits per heavy atom. The van der Waals surface area contributed by atoms with E-state index in [9.17, 15) is 13.2 Å². The van der Waals surface area contributed by atoms with Crippen LogP contribution in [0.5, 0.6) is 0 Å². The molecule has 1 saturated carbocycles. The van der Waals surface area contributed by atoms with Gasteiger partial charge < -0.3 is 10.6 Å². The predicted molar refractivity (Wildman–Crippen MR) is 49.1 cm³/mol. The Morgan fingerprint density at radius 3 is 2.21 bits per heavy atom. The summed E-state index contributed by atoms with van der Waals surface area (Å²) in [6.07, 6.45) is -0.269. The molecule has 84 valence electrons. The molecule has 0 aromatic carbocycles. The van der Waals surface area contributed by atoms with Crippen LogP contribution in [0.1, 0.15) is 19.3 Å². The minimum Gasteiger partial charge on any atom is -0.315 e. The molecule has 2 N–H and O–H groups in total. The Kier molecular flexibility index (Phi) is 4.68. The molecule has 0 heterocycles. The summed E-state index contributed by atoms with van der Waals surface area (Å²) in [7, 11) is 0. The van der Waals surface area contributed by atoms with Crippen LogP contribution >= 0.6 is 0 Å². The maximum absolute atomic E-state index is 11.7. The van der Waals surface area contributed by atoms with Crippen LogP contribution in [0.15, 0.2) is 0 Å². The number of rotatable bonds is 7. The van der Waals surface area contributed by atoms with Gasteiger partial charge in [0, 0.05) is 13.1 Å². The van der Waals surface area contributed by atoms with Crippen LogP contribution in [0.25, 0.3) is 0 Å². The van der Waals surface area contributed by atoms with Gasteiger partial charge in [0.15, 0.2) is 0 Å². The molecule has 0 aromatic heterocycles. The first-order chi connectivity index (χ1) is 6.58. The van der Waals surface area contributed by atoms with Crippen molar-refractivity contribution in [2.45, 2.75) is 25.4 Å². The molecule has 5 heteroatoms. The smallest absolute Gasteiger partial charge is 0.315 e. The van der Waals surface area contributed by atoms with Gasteiger partial charge in [0.05, 0.1) is 6.54 Å². The average molecular weight is 210 g/mol. The number of alkyl halides is 3. The van der Waals surface area contributed by atoms with Crippen molar-refractivity contribution in [1.29, 1.82) is 0 Å².